The number of anilines is 1. The Labute approximate surface area is 188 Å². The van der Waals surface area contributed by atoms with Crippen LogP contribution in [0.4, 0.5) is 5.69 Å². The number of hydrogen-bond acceptors (Lipinski definition) is 4. The van der Waals surface area contributed by atoms with Gasteiger partial charge >= 0.3 is 0 Å². The van der Waals surface area contributed by atoms with Crippen LogP contribution in [-0.4, -0.2) is 40.3 Å². The van der Waals surface area contributed by atoms with Crippen molar-refractivity contribution in [2.24, 2.45) is 4.99 Å². The summed E-state index contributed by atoms with van der Waals surface area (Å²) >= 11 is 0. The van der Waals surface area contributed by atoms with Gasteiger partial charge in [0.2, 0.25) is 0 Å². The van der Waals surface area contributed by atoms with Crippen LogP contribution in [0.15, 0.2) is 65.7 Å². The van der Waals surface area contributed by atoms with Gasteiger partial charge in [-0.15, -0.1) is 0 Å². The molecule has 1 aliphatic rings. The second-order valence-corrected chi connectivity index (χ2v) is 8.23. The van der Waals surface area contributed by atoms with Crippen molar-refractivity contribution in [3.8, 4) is 0 Å². The first kappa shape index (κ1) is 21.7. The zero-order valence-corrected chi connectivity index (χ0v) is 18.7. The van der Waals surface area contributed by atoms with E-state index >= 15 is 0 Å². The number of hydrogen-bond donors (Lipinski definition) is 2. The minimum Gasteiger partial charge on any atom is -0.321 e. The number of aromatic amines is 1. The fourth-order valence-corrected chi connectivity index (χ4v) is 4.00. The Morgan fingerprint density at radius 2 is 1.97 bits per heavy atom. The van der Waals surface area contributed by atoms with E-state index in [-0.39, 0.29) is 5.91 Å². The molecule has 1 fully saturated rings. The Bertz CT molecular complexity index is 1180. The van der Waals surface area contributed by atoms with E-state index in [2.05, 4.69) is 44.1 Å². The van der Waals surface area contributed by atoms with Crippen LogP contribution in [0, 0.1) is 0 Å². The molecule has 0 aliphatic carbocycles. The van der Waals surface area contributed by atoms with E-state index in [1.165, 1.54) is 31.5 Å². The first-order valence-electron chi connectivity index (χ1n) is 11.0. The maximum Gasteiger partial charge on any atom is 0.276 e. The highest BCUT2D eigenvalue weighted by Gasteiger charge is 2.16. The standard InChI is InChI=1S/C26H29N5O/c1-4-27-24(15-18(2)3)20-9-12-23-22(16-20)25(30-29-23)26(32)28-21-10-7-19(8-11-21)17-31-13-5-6-14-31/h4,7-12,15-16H,2,5-6,13-14,17H2,1,3H3,(H,28,32)(H,29,30)/b24-15-,27-4?. The number of likely N-dealkylation sites (tertiary alicyclic amines) is 1. The predicted octanol–water partition coefficient (Wildman–Crippen LogP) is 5.42. The number of aromatic nitrogens is 2. The molecule has 0 spiro atoms. The third-order valence-corrected chi connectivity index (χ3v) is 5.54. The molecular weight excluding hydrogens is 398 g/mol. The number of amides is 1. The molecule has 2 aromatic carbocycles. The van der Waals surface area contributed by atoms with E-state index in [9.17, 15) is 4.79 Å². The number of carbonyl (C=O) groups excluding carboxylic acids is 1. The zero-order chi connectivity index (χ0) is 22.5. The summed E-state index contributed by atoms with van der Waals surface area (Å²) in [4.78, 5) is 19.9. The molecule has 1 aliphatic heterocycles. The lowest BCUT2D eigenvalue weighted by atomic mass is 10.1. The van der Waals surface area contributed by atoms with Crippen molar-refractivity contribution in [2.75, 3.05) is 18.4 Å². The normalized spacial score (nSPS) is 15.0. The topological polar surface area (TPSA) is 73.4 Å². The predicted molar refractivity (Wildman–Crippen MR) is 132 cm³/mol. The monoisotopic (exact) mass is 427 g/mol. The largest absolute Gasteiger partial charge is 0.321 e. The number of H-pyrrole nitrogens is 1. The van der Waals surface area contributed by atoms with E-state index < -0.39 is 0 Å². The number of benzene rings is 2. The average molecular weight is 428 g/mol. The maximum atomic E-state index is 13.0. The van der Waals surface area contributed by atoms with Crippen LogP contribution in [0.3, 0.4) is 0 Å². The van der Waals surface area contributed by atoms with Crippen molar-refractivity contribution in [3.05, 3.63) is 77.5 Å². The summed E-state index contributed by atoms with van der Waals surface area (Å²) in [6, 6.07) is 13.9. The van der Waals surface area contributed by atoms with E-state index in [4.69, 9.17) is 0 Å². The van der Waals surface area contributed by atoms with Crippen LogP contribution in [0.2, 0.25) is 0 Å². The molecule has 1 amide bonds. The smallest absolute Gasteiger partial charge is 0.276 e. The molecule has 1 saturated heterocycles. The van der Waals surface area contributed by atoms with Gasteiger partial charge < -0.3 is 5.32 Å². The fourth-order valence-electron chi connectivity index (χ4n) is 4.00. The van der Waals surface area contributed by atoms with Crippen LogP contribution >= 0.6 is 0 Å². The van der Waals surface area contributed by atoms with Crippen molar-refractivity contribution >= 4 is 34.4 Å². The van der Waals surface area contributed by atoms with Crippen molar-refractivity contribution in [3.63, 3.8) is 0 Å². The molecule has 3 aromatic rings. The number of nitrogens with one attached hydrogen (secondary N) is 2. The van der Waals surface area contributed by atoms with Crippen molar-refractivity contribution in [1.82, 2.24) is 15.1 Å². The second-order valence-electron chi connectivity index (χ2n) is 8.23. The highest BCUT2D eigenvalue weighted by Crippen LogP contribution is 2.25. The van der Waals surface area contributed by atoms with E-state index in [0.29, 0.717) is 5.69 Å². The van der Waals surface area contributed by atoms with Gasteiger partial charge in [-0.05, 0) is 75.7 Å². The van der Waals surface area contributed by atoms with Crippen LogP contribution in [0.1, 0.15) is 48.3 Å². The number of fused-ring (bicyclic) bond motifs is 1. The lowest BCUT2D eigenvalue weighted by molar-refractivity contribution is 0.102. The molecule has 6 nitrogen and oxygen atoms in total. The molecule has 164 valence electrons. The average Bonchev–Trinajstić information content (AvgIpc) is 3.44. The minimum absolute atomic E-state index is 0.245. The number of carbonyl (C=O) groups is 1. The van der Waals surface area contributed by atoms with Crippen molar-refractivity contribution in [2.45, 2.75) is 33.2 Å². The SMILES string of the molecule is C=C(C)/C=C(\N=CC)c1ccc2[nH]nc(C(=O)Nc3ccc(CN4CCCC4)cc3)c2c1. The number of nitrogens with zero attached hydrogens (tertiary/aromatic N) is 3. The molecule has 4 rings (SSSR count). The van der Waals surface area contributed by atoms with Crippen molar-refractivity contribution in [1.29, 1.82) is 0 Å². The molecule has 0 atom stereocenters. The van der Waals surface area contributed by atoms with Gasteiger partial charge in [0.1, 0.15) is 0 Å². The Morgan fingerprint density at radius 1 is 1.22 bits per heavy atom. The third kappa shape index (κ3) is 5.03. The summed E-state index contributed by atoms with van der Waals surface area (Å²) in [6.07, 6.45) is 6.23. The van der Waals surface area contributed by atoms with Gasteiger partial charge in [-0.3, -0.25) is 19.8 Å². The number of allylic oxidation sites excluding steroid dienone is 2. The summed E-state index contributed by atoms with van der Waals surface area (Å²) < 4.78 is 0. The molecule has 2 heterocycles. The molecule has 2 N–H and O–H groups in total. The first-order chi connectivity index (χ1) is 15.5. The van der Waals surface area contributed by atoms with Gasteiger partial charge in [-0.1, -0.05) is 30.4 Å². The first-order valence-corrected chi connectivity index (χ1v) is 11.0. The summed E-state index contributed by atoms with van der Waals surface area (Å²) in [5, 5.41) is 10.9. The minimum atomic E-state index is -0.245. The zero-order valence-electron chi connectivity index (χ0n) is 18.7. The van der Waals surface area contributed by atoms with E-state index in [1.54, 1.807) is 6.21 Å². The third-order valence-electron chi connectivity index (χ3n) is 5.54. The summed E-state index contributed by atoms with van der Waals surface area (Å²) in [5.41, 5.74) is 5.78. The van der Waals surface area contributed by atoms with Crippen LogP contribution < -0.4 is 5.32 Å². The summed E-state index contributed by atoms with van der Waals surface area (Å²) in [7, 11) is 0. The summed E-state index contributed by atoms with van der Waals surface area (Å²) in [5.74, 6) is -0.245. The molecule has 1 aromatic heterocycles. The van der Waals surface area contributed by atoms with Gasteiger partial charge in [-0.2, -0.15) is 5.10 Å². The highest BCUT2D eigenvalue weighted by molar-refractivity contribution is 6.11. The lowest BCUT2D eigenvalue weighted by Crippen LogP contribution is -2.18. The molecule has 0 saturated carbocycles. The van der Waals surface area contributed by atoms with Gasteiger partial charge in [0, 0.05) is 29.4 Å². The Kier molecular flexibility index (Phi) is 6.61. The molecule has 32 heavy (non-hydrogen) atoms. The molecule has 0 radical (unpaired) electrons. The Morgan fingerprint density at radius 3 is 2.66 bits per heavy atom. The second kappa shape index (κ2) is 9.75. The highest BCUT2D eigenvalue weighted by atomic mass is 16.1. The summed E-state index contributed by atoms with van der Waals surface area (Å²) in [6.45, 7) is 11.0. The quantitative estimate of drug-likeness (QED) is 0.391. The van der Waals surface area contributed by atoms with Crippen molar-refractivity contribution < 1.29 is 4.79 Å². The Balaban J connectivity index is 1.53. The van der Waals surface area contributed by atoms with Crippen LogP contribution in [-0.2, 0) is 6.54 Å². The maximum absolute atomic E-state index is 13.0. The van der Waals surface area contributed by atoms with Crippen LogP contribution in [0.5, 0.6) is 0 Å². The molecule has 0 bridgehead atoms. The van der Waals surface area contributed by atoms with Gasteiger partial charge in [0.15, 0.2) is 5.69 Å². The van der Waals surface area contributed by atoms with E-state index in [0.717, 1.165) is 40.0 Å². The van der Waals surface area contributed by atoms with Gasteiger partial charge in [-0.25, -0.2) is 0 Å². The molecule has 0 unspecified atom stereocenters. The number of aliphatic imine (C=N–C) groups is 1. The Hall–Kier alpha value is -3.51. The fraction of sp³-hybridized carbons (Fsp3) is 0.269. The molecule has 6 heteroatoms. The van der Waals surface area contributed by atoms with Gasteiger partial charge in [0.05, 0.1) is 11.2 Å². The van der Waals surface area contributed by atoms with E-state index in [1.807, 2.05) is 50.3 Å². The molecular formula is C26H29N5O. The van der Waals surface area contributed by atoms with Crippen LogP contribution in [0.25, 0.3) is 16.6 Å². The number of rotatable bonds is 7. The lowest BCUT2D eigenvalue weighted by Gasteiger charge is -2.14. The van der Waals surface area contributed by atoms with Gasteiger partial charge in [0.25, 0.3) is 5.91 Å².